The van der Waals surface area contributed by atoms with Crippen molar-refractivity contribution >= 4 is 27.6 Å². The summed E-state index contributed by atoms with van der Waals surface area (Å²) in [6.07, 6.45) is 1.43. The van der Waals surface area contributed by atoms with Gasteiger partial charge in [-0.3, -0.25) is 9.69 Å². The van der Waals surface area contributed by atoms with Gasteiger partial charge in [0.2, 0.25) is 0 Å². The van der Waals surface area contributed by atoms with E-state index < -0.39 is 43.8 Å². The first-order valence-electron chi connectivity index (χ1n) is 17.4. The van der Waals surface area contributed by atoms with Crippen molar-refractivity contribution in [3.05, 3.63) is 77.1 Å². The largest absolute Gasteiger partial charge is 0.497 e. The molecule has 0 aromatic heterocycles. The number of urea groups is 1. The minimum atomic E-state index is -4.86. The van der Waals surface area contributed by atoms with E-state index in [9.17, 15) is 18.5 Å². The van der Waals surface area contributed by atoms with Crippen molar-refractivity contribution in [3.8, 4) is 23.3 Å². The first kappa shape index (κ1) is 36.9. The Bertz CT molecular complexity index is 1990. The van der Waals surface area contributed by atoms with Gasteiger partial charge in [0.15, 0.2) is 5.54 Å². The van der Waals surface area contributed by atoms with Crippen molar-refractivity contribution in [2.75, 3.05) is 70.9 Å². The highest BCUT2D eigenvalue weighted by Crippen LogP contribution is 2.50. The first-order chi connectivity index (χ1) is 25.0. The number of hydrogen-bond acceptors (Lipinski definition) is 10. The molecule has 0 saturated carbocycles. The van der Waals surface area contributed by atoms with Crippen molar-refractivity contribution in [2.45, 2.75) is 43.2 Å². The number of benzene rings is 3. The summed E-state index contributed by atoms with van der Waals surface area (Å²) < 4.78 is 61.8. The predicted octanol–water partition coefficient (Wildman–Crippen LogP) is 3.90. The fourth-order valence-electron chi connectivity index (χ4n) is 7.44. The van der Waals surface area contributed by atoms with E-state index in [1.165, 1.54) is 32.4 Å². The lowest BCUT2D eigenvalue weighted by Gasteiger charge is -2.43. The monoisotopic (exact) mass is 734 g/mol. The Morgan fingerprint density at radius 1 is 0.962 bits per heavy atom. The van der Waals surface area contributed by atoms with Crippen LogP contribution in [0.4, 0.5) is 14.9 Å². The molecule has 6 rings (SSSR count). The van der Waals surface area contributed by atoms with Crippen LogP contribution < -0.4 is 23.8 Å². The van der Waals surface area contributed by atoms with Gasteiger partial charge in [0.25, 0.3) is 15.9 Å². The van der Waals surface area contributed by atoms with Crippen LogP contribution in [0.1, 0.15) is 43.4 Å². The van der Waals surface area contributed by atoms with E-state index >= 15 is 9.18 Å². The number of piperazine rings is 1. The molecule has 15 heteroatoms. The highest BCUT2D eigenvalue weighted by molar-refractivity contribution is 7.93. The molecule has 3 aromatic carbocycles. The lowest BCUT2D eigenvalue weighted by atomic mass is 9.82. The molecule has 0 bridgehead atoms. The van der Waals surface area contributed by atoms with Crippen LogP contribution in [0.3, 0.4) is 0 Å². The van der Waals surface area contributed by atoms with Crippen LogP contribution >= 0.6 is 0 Å². The highest BCUT2D eigenvalue weighted by atomic mass is 32.2. The van der Waals surface area contributed by atoms with Gasteiger partial charge in [-0.2, -0.15) is 9.57 Å². The number of piperidine rings is 1. The minimum absolute atomic E-state index is 0.101. The molecular weight excluding hydrogens is 692 g/mol. The third kappa shape index (κ3) is 6.39. The van der Waals surface area contributed by atoms with Crippen molar-refractivity contribution in [2.24, 2.45) is 0 Å². The van der Waals surface area contributed by atoms with Crippen molar-refractivity contribution < 1.29 is 36.6 Å². The molecule has 1 atom stereocenters. The fraction of sp³-hybridized carbons (Fsp3) is 0.432. The quantitative estimate of drug-likeness (QED) is 0.326. The number of hydrogen-bond donors (Lipinski definition) is 1. The molecule has 1 unspecified atom stereocenters. The number of likely N-dealkylation sites (N-methyl/N-ethyl adjacent to an activating group) is 1. The Morgan fingerprint density at radius 3 is 2.31 bits per heavy atom. The second-order valence-corrected chi connectivity index (χ2v) is 14.6. The fourth-order valence-corrected chi connectivity index (χ4v) is 9.04. The first-order valence-corrected chi connectivity index (χ1v) is 18.8. The summed E-state index contributed by atoms with van der Waals surface area (Å²) in [5, 5.41) is 12.8. The molecule has 3 aliphatic heterocycles. The summed E-state index contributed by atoms with van der Waals surface area (Å²) in [6.45, 7) is 9.77. The van der Waals surface area contributed by atoms with Crippen molar-refractivity contribution in [1.82, 2.24) is 20.0 Å². The number of methoxy groups -OCH3 is 2. The summed E-state index contributed by atoms with van der Waals surface area (Å²) >= 11 is 0. The van der Waals surface area contributed by atoms with Crippen LogP contribution in [-0.4, -0.2) is 108 Å². The SMILES string of the molecule is CCOc1ccccc1C1(NC(=O)N2CCC(N3CCN(CC)CC3)CC2)C(=O)N(S(=O)(=O)c2ccc(OC)cc2OC)c2cc(F)c(C#N)cc21. The number of fused-ring (bicyclic) bond motifs is 1. The van der Waals surface area contributed by atoms with Gasteiger partial charge < -0.3 is 29.3 Å². The maximum Gasteiger partial charge on any atom is 0.318 e. The molecule has 13 nitrogen and oxygen atoms in total. The number of carbonyl (C=O) groups excluding carboxylic acids is 2. The lowest BCUT2D eigenvalue weighted by molar-refractivity contribution is -0.121. The molecule has 2 saturated heterocycles. The van der Waals surface area contributed by atoms with Gasteiger partial charge in [0, 0.05) is 68.6 Å². The van der Waals surface area contributed by atoms with Crippen molar-refractivity contribution in [3.63, 3.8) is 0 Å². The van der Waals surface area contributed by atoms with Crippen LogP contribution in [0.15, 0.2) is 59.5 Å². The third-order valence-corrected chi connectivity index (χ3v) is 12.0. The van der Waals surface area contributed by atoms with E-state index in [2.05, 4.69) is 22.0 Å². The average molecular weight is 735 g/mol. The molecule has 1 N–H and O–H groups in total. The standard InChI is InChI=1S/C37H43FN6O7S/c1-5-41-17-19-42(20-18-41)26-13-15-43(16-14-26)36(46)40-37(28-9-7-8-10-32(28)51-6-2)29-21-25(24-39)30(38)23-31(29)44(35(37)45)52(47,48)34-12-11-27(49-3)22-33(34)50-4/h7-12,21-23,26H,5-6,13-20H2,1-4H3,(H,40,46). The molecule has 0 spiro atoms. The molecule has 3 amide bonds. The molecule has 52 heavy (non-hydrogen) atoms. The summed E-state index contributed by atoms with van der Waals surface area (Å²) in [6, 6.07) is 13.8. The van der Waals surface area contributed by atoms with Crippen molar-refractivity contribution in [1.29, 1.82) is 5.26 Å². The number of carbonyl (C=O) groups is 2. The Morgan fingerprint density at radius 2 is 1.67 bits per heavy atom. The summed E-state index contributed by atoms with van der Waals surface area (Å²) in [5.41, 5.74) is -3.04. The Hall–Kier alpha value is -4.91. The van der Waals surface area contributed by atoms with E-state index in [1.807, 2.05) is 0 Å². The highest BCUT2D eigenvalue weighted by Gasteiger charge is 2.59. The number of nitrogens with one attached hydrogen (secondary N) is 1. The molecule has 0 aliphatic carbocycles. The zero-order valence-electron chi connectivity index (χ0n) is 29.7. The number of amides is 3. The van der Waals surface area contributed by atoms with Crippen LogP contribution in [0.2, 0.25) is 0 Å². The maximum absolute atomic E-state index is 15.5. The van der Waals surface area contributed by atoms with E-state index in [1.54, 1.807) is 42.2 Å². The number of ether oxygens (including phenoxy) is 3. The lowest BCUT2D eigenvalue weighted by Crippen LogP contribution is -2.59. The number of para-hydroxylation sites is 1. The second-order valence-electron chi connectivity index (χ2n) is 12.9. The van der Waals surface area contributed by atoms with E-state index in [-0.39, 0.29) is 34.9 Å². The Kier molecular flexibility index (Phi) is 10.6. The van der Waals surface area contributed by atoms with Gasteiger partial charge >= 0.3 is 6.03 Å². The third-order valence-electron chi connectivity index (χ3n) is 10.2. The number of rotatable bonds is 10. The number of likely N-dealkylation sites (tertiary alicyclic amines) is 1. The number of anilines is 1. The Balaban J connectivity index is 1.45. The van der Waals surface area contributed by atoms with Crippen LogP contribution in [-0.2, 0) is 20.4 Å². The number of sulfonamides is 1. The normalized spacial score (nSPS) is 20.0. The molecule has 3 heterocycles. The maximum atomic E-state index is 15.5. The van der Waals surface area contributed by atoms with Crippen LogP contribution in [0.25, 0.3) is 0 Å². The summed E-state index contributed by atoms with van der Waals surface area (Å²) in [5.74, 6) is -1.79. The second kappa shape index (κ2) is 15.0. The molecule has 3 aromatic rings. The molecule has 0 radical (unpaired) electrons. The smallest absolute Gasteiger partial charge is 0.318 e. The topological polar surface area (TPSA) is 145 Å². The van der Waals surface area contributed by atoms with Gasteiger partial charge in [-0.25, -0.2) is 17.6 Å². The zero-order chi connectivity index (χ0) is 37.2. The number of nitriles is 1. The Labute approximate surface area is 303 Å². The molecule has 3 aliphatic rings. The number of halogens is 1. The molecular formula is C37H43FN6O7S. The van der Waals surface area contributed by atoms with Gasteiger partial charge in [-0.15, -0.1) is 0 Å². The van der Waals surface area contributed by atoms with Gasteiger partial charge in [-0.1, -0.05) is 25.1 Å². The minimum Gasteiger partial charge on any atom is -0.497 e. The predicted molar refractivity (Wildman–Crippen MR) is 191 cm³/mol. The zero-order valence-corrected chi connectivity index (χ0v) is 30.5. The molecule has 2 fully saturated rings. The van der Waals surface area contributed by atoms with E-state index in [0.29, 0.717) is 42.0 Å². The van der Waals surface area contributed by atoms with Gasteiger partial charge in [0.1, 0.15) is 34.0 Å². The summed E-state index contributed by atoms with van der Waals surface area (Å²) in [4.78, 5) is 35.7. The number of nitrogens with zero attached hydrogens (tertiary/aromatic N) is 5. The van der Waals surface area contributed by atoms with Gasteiger partial charge in [-0.05, 0) is 50.6 Å². The van der Waals surface area contributed by atoms with Crippen LogP contribution in [0.5, 0.6) is 17.2 Å². The molecule has 276 valence electrons. The van der Waals surface area contributed by atoms with Crippen LogP contribution in [0, 0.1) is 17.1 Å². The summed E-state index contributed by atoms with van der Waals surface area (Å²) in [7, 11) is -2.19. The average Bonchev–Trinajstić information content (AvgIpc) is 3.41. The van der Waals surface area contributed by atoms with E-state index in [4.69, 9.17) is 14.2 Å². The van der Waals surface area contributed by atoms with E-state index in [0.717, 1.165) is 44.9 Å². The van der Waals surface area contributed by atoms with Gasteiger partial charge in [0.05, 0.1) is 32.1 Å².